The van der Waals surface area contributed by atoms with E-state index >= 15 is 4.39 Å². The molecule has 132 valence electrons. The van der Waals surface area contributed by atoms with Gasteiger partial charge in [0.1, 0.15) is 5.82 Å². The monoisotopic (exact) mass is 337 g/mol. The second-order valence-electron chi connectivity index (χ2n) is 7.79. The van der Waals surface area contributed by atoms with E-state index in [1.165, 1.54) is 16.7 Å². The molecular weight excluding hydrogens is 309 g/mol. The van der Waals surface area contributed by atoms with Crippen LogP contribution in [-0.4, -0.2) is 11.9 Å². The number of hydrogen-bond acceptors (Lipinski definition) is 1. The van der Waals surface area contributed by atoms with Crippen molar-refractivity contribution in [2.45, 2.75) is 47.1 Å². The lowest BCUT2D eigenvalue weighted by Gasteiger charge is -2.46. The van der Waals surface area contributed by atoms with E-state index in [-0.39, 0.29) is 5.82 Å². The maximum atomic E-state index is 15.3. The molecule has 1 aliphatic heterocycles. The molecule has 2 aromatic carbocycles. The molecule has 1 unspecified atom stereocenters. The molecule has 2 aromatic rings. The molecule has 0 saturated heterocycles. The highest BCUT2D eigenvalue weighted by Gasteiger charge is 2.41. The summed E-state index contributed by atoms with van der Waals surface area (Å²) in [5.74, 6) is 0.326. The van der Waals surface area contributed by atoms with Gasteiger partial charge in [0, 0.05) is 18.8 Å². The summed E-state index contributed by atoms with van der Waals surface area (Å²) in [5, 5.41) is 0. The normalized spacial score (nSPS) is 19.9. The Hall–Kier alpha value is -2.09. The molecule has 1 heterocycles. The summed E-state index contributed by atoms with van der Waals surface area (Å²) in [6.07, 6.45) is 2.20. The van der Waals surface area contributed by atoms with Crippen LogP contribution in [0.15, 0.2) is 36.5 Å². The molecule has 0 aliphatic carbocycles. The second kappa shape index (κ2) is 6.01. The zero-order chi connectivity index (χ0) is 18.5. The van der Waals surface area contributed by atoms with Gasteiger partial charge in [0.25, 0.3) is 0 Å². The zero-order valence-electron chi connectivity index (χ0n) is 16.4. The van der Waals surface area contributed by atoms with Crippen LogP contribution >= 0.6 is 0 Å². The molecule has 1 aliphatic rings. The molecule has 1 nitrogen and oxygen atoms in total. The van der Waals surface area contributed by atoms with Crippen molar-refractivity contribution in [3.63, 3.8) is 0 Å². The van der Waals surface area contributed by atoms with Gasteiger partial charge in [0.05, 0.1) is 5.54 Å². The lowest BCUT2D eigenvalue weighted by atomic mass is 9.73. The number of nitrogens with zero attached hydrogens (tertiary/aromatic N) is 1. The summed E-state index contributed by atoms with van der Waals surface area (Å²) in [6.45, 7) is 12.5. The summed E-state index contributed by atoms with van der Waals surface area (Å²) >= 11 is 0. The first-order valence-corrected chi connectivity index (χ1v) is 9.00. The summed E-state index contributed by atoms with van der Waals surface area (Å²) in [6, 6.07) is 10.4. The van der Waals surface area contributed by atoms with Crippen LogP contribution in [0.4, 0.5) is 4.39 Å². The van der Waals surface area contributed by atoms with E-state index in [0.29, 0.717) is 11.5 Å². The van der Waals surface area contributed by atoms with Crippen LogP contribution in [-0.2, 0) is 5.54 Å². The van der Waals surface area contributed by atoms with Crippen LogP contribution in [0.3, 0.4) is 0 Å². The SMILES string of the molecule is Cc1cc(C)c(F)c(C2(C)c3ccccc3C(C(C)C)=CN2C)c1C. The fraction of sp³-hybridized carbons (Fsp3) is 0.391. The van der Waals surface area contributed by atoms with Crippen molar-refractivity contribution < 1.29 is 4.39 Å². The first-order chi connectivity index (χ1) is 11.7. The summed E-state index contributed by atoms with van der Waals surface area (Å²) in [5.41, 5.74) is 6.86. The number of hydrogen-bond donors (Lipinski definition) is 0. The van der Waals surface area contributed by atoms with E-state index in [2.05, 4.69) is 70.1 Å². The molecule has 0 N–H and O–H groups in total. The smallest absolute Gasteiger partial charge is 0.132 e. The highest BCUT2D eigenvalue weighted by molar-refractivity contribution is 5.74. The predicted molar refractivity (Wildman–Crippen MR) is 104 cm³/mol. The molecule has 0 radical (unpaired) electrons. The lowest BCUT2D eigenvalue weighted by Crippen LogP contribution is -2.44. The number of halogens is 1. The van der Waals surface area contributed by atoms with Crippen molar-refractivity contribution in [1.82, 2.24) is 4.90 Å². The number of allylic oxidation sites excluding steroid dienone is 1. The molecule has 0 amide bonds. The molecule has 0 bridgehead atoms. The molecule has 3 rings (SSSR count). The third-order valence-corrected chi connectivity index (χ3v) is 5.87. The number of aryl methyl sites for hydroxylation is 2. The van der Waals surface area contributed by atoms with Gasteiger partial charge in [-0.05, 0) is 67.0 Å². The molecule has 0 aromatic heterocycles. The van der Waals surface area contributed by atoms with Gasteiger partial charge in [-0.25, -0.2) is 4.39 Å². The molecule has 2 heteroatoms. The minimum atomic E-state index is -0.528. The van der Waals surface area contributed by atoms with E-state index in [0.717, 1.165) is 16.7 Å². The van der Waals surface area contributed by atoms with Crippen LogP contribution in [0, 0.1) is 32.5 Å². The average molecular weight is 337 g/mol. The molecule has 25 heavy (non-hydrogen) atoms. The van der Waals surface area contributed by atoms with Gasteiger partial charge in [0.15, 0.2) is 0 Å². The Balaban J connectivity index is 2.38. The summed E-state index contributed by atoms with van der Waals surface area (Å²) in [7, 11) is 2.06. The summed E-state index contributed by atoms with van der Waals surface area (Å²) < 4.78 is 15.3. The van der Waals surface area contributed by atoms with Gasteiger partial charge in [-0.1, -0.05) is 44.2 Å². The van der Waals surface area contributed by atoms with Gasteiger partial charge < -0.3 is 4.90 Å². The van der Waals surface area contributed by atoms with E-state index in [1.807, 2.05) is 19.9 Å². The highest BCUT2D eigenvalue weighted by atomic mass is 19.1. The Morgan fingerprint density at radius 1 is 1.04 bits per heavy atom. The first kappa shape index (κ1) is 17.7. The first-order valence-electron chi connectivity index (χ1n) is 9.00. The third kappa shape index (κ3) is 2.50. The fourth-order valence-electron chi connectivity index (χ4n) is 4.16. The largest absolute Gasteiger partial charge is 0.367 e. The van der Waals surface area contributed by atoms with Crippen LogP contribution in [0.25, 0.3) is 5.57 Å². The van der Waals surface area contributed by atoms with E-state index in [4.69, 9.17) is 0 Å². The standard InChI is InChI=1S/C23H28FN/c1-14(2)19-13-25(7)23(6,20-11-9-8-10-18(19)20)21-17(5)15(3)12-16(4)22(21)24/h8-14H,1-7H3. The lowest BCUT2D eigenvalue weighted by molar-refractivity contribution is 0.240. The van der Waals surface area contributed by atoms with Gasteiger partial charge in [0.2, 0.25) is 0 Å². The van der Waals surface area contributed by atoms with Crippen molar-refractivity contribution in [1.29, 1.82) is 0 Å². The Morgan fingerprint density at radius 3 is 2.32 bits per heavy atom. The van der Waals surface area contributed by atoms with Crippen LogP contribution in [0.2, 0.25) is 0 Å². The third-order valence-electron chi connectivity index (χ3n) is 5.87. The van der Waals surface area contributed by atoms with Gasteiger partial charge >= 0.3 is 0 Å². The average Bonchev–Trinajstić information content (AvgIpc) is 2.56. The van der Waals surface area contributed by atoms with Gasteiger partial charge in [-0.2, -0.15) is 0 Å². The predicted octanol–water partition coefficient (Wildman–Crippen LogP) is 5.96. The van der Waals surface area contributed by atoms with Crippen molar-refractivity contribution >= 4 is 5.57 Å². The highest BCUT2D eigenvalue weighted by Crippen LogP contribution is 2.47. The van der Waals surface area contributed by atoms with Gasteiger partial charge in [-0.15, -0.1) is 0 Å². The van der Waals surface area contributed by atoms with E-state index in [1.54, 1.807) is 0 Å². The second-order valence-corrected chi connectivity index (χ2v) is 7.79. The fourth-order valence-corrected chi connectivity index (χ4v) is 4.16. The topological polar surface area (TPSA) is 3.24 Å². The van der Waals surface area contributed by atoms with Crippen LogP contribution in [0.1, 0.15) is 54.2 Å². The minimum absolute atomic E-state index is 0.0892. The van der Waals surface area contributed by atoms with Gasteiger partial charge in [-0.3, -0.25) is 0 Å². The van der Waals surface area contributed by atoms with Crippen molar-refractivity contribution in [3.05, 3.63) is 75.7 Å². The quantitative estimate of drug-likeness (QED) is 0.654. The minimum Gasteiger partial charge on any atom is -0.367 e. The number of rotatable bonds is 2. The molecular formula is C23H28FN. The molecule has 0 spiro atoms. The maximum absolute atomic E-state index is 15.3. The molecule has 0 saturated carbocycles. The van der Waals surface area contributed by atoms with Crippen LogP contribution in [0.5, 0.6) is 0 Å². The number of benzene rings is 2. The van der Waals surface area contributed by atoms with E-state index in [9.17, 15) is 0 Å². The summed E-state index contributed by atoms with van der Waals surface area (Å²) in [4.78, 5) is 2.19. The Bertz CT molecular complexity index is 836. The maximum Gasteiger partial charge on any atom is 0.132 e. The molecule has 0 fully saturated rings. The van der Waals surface area contributed by atoms with Crippen molar-refractivity contribution in [2.24, 2.45) is 5.92 Å². The Morgan fingerprint density at radius 2 is 1.68 bits per heavy atom. The Labute approximate surface area is 151 Å². The molecule has 1 atom stereocenters. The van der Waals surface area contributed by atoms with E-state index < -0.39 is 5.54 Å². The van der Waals surface area contributed by atoms with Crippen LogP contribution < -0.4 is 0 Å². The van der Waals surface area contributed by atoms with Crippen molar-refractivity contribution in [2.75, 3.05) is 7.05 Å². The zero-order valence-corrected chi connectivity index (χ0v) is 16.4. The Kier molecular flexibility index (Phi) is 4.26. The van der Waals surface area contributed by atoms with Crippen molar-refractivity contribution in [3.8, 4) is 0 Å². The number of fused-ring (bicyclic) bond motifs is 1.